The fraction of sp³-hybridized carbons (Fsp3) is 0.935. The van der Waals surface area contributed by atoms with Gasteiger partial charge in [0.2, 0.25) is 0 Å². The van der Waals surface area contributed by atoms with Crippen LogP contribution in [0, 0.1) is 52.3 Å². The van der Waals surface area contributed by atoms with E-state index >= 15 is 0 Å². The summed E-state index contributed by atoms with van der Waals surface area (Å²) in [7, 11) is 2.35. The Balaban J connectivity index is 1.42. The third-order valence-electron chi connectivity index (χ3n) is 11.6. The molecule has 0 saturated heterocycles. The topological polar surface area (TPSA) is 0 Å². The van der Waals surface area contributed by atoms with Crippen molar-refractivity contribution < 1.29 is 0 Å². The van der Waals surface area contributed by atoms with Gasteiger partial charge in [-0.25, -0.2) is 0 Å². The van der Waals surface area contributed by atoms with Crippen LogP contribution in [0.5, 0.6) is 0 Å². The number of unbranched alkanes of at least 4 members (excludes halogenated alkanes) is 1. The van der Waals surface area contributed by atoms with E-state index in [-0.39, 0.29) is 0 Å². The number of hydrogen-bond acceptors (Lipinski definition) is 0. The van der Waals surface area contributed by atoms with E-state index in [2.05, 4.69) is 48.5 Å². The van der Waals surface area contributed by atoms with Gasteiger partial charge in [-0.15, -0.1) is 0 Å². The Morgan fingerprint density at radius 3 is 2.50 bits per heavy atom. The van der Waals surface area contributed by atoms with Gasteiger partial charge in [0.1, 0.15) is 7.85 Å². The Kier molecular flexibility index (Phi) is 7.94. The first-order chi connectivity index (χ1) is 15.3. The summed E-state index contributed by atoms with van der Waals surface area (Å²) in [6.07, 6.45) is 24.9. The molecule has 3 saturated carbocycles. The van der Waals surface area contributed by atoms with E-state index in [9.17, 15) is 0 Å². The van der Waals surface area contributed by atoms with Crippen molar-refractivity contribution in [3.8, 4) is 0 Å². The summed E-state index contributed by atoms with van der Waals surface area (Å²) in [5, 5.41) is 0. The van der Waals surface area contributed by atoms with Gasteiger partial charge >= 0.3 is 0 Å². The molecule has 0 N–H and O–H groups in total. The molecule has 0 unspecified atom stereocenters. The lowest BCUT2D eigenvalue weighted by Gasteiger charge is -2.58. The van der Waals surface area contributed by atoms with Crippen molar-refractivity contribution in [3.05, 3.63) is 11.6 Å². The summed E-state index contributed by atoms with van der Waals surface area (Å²) in [5.41, 5.74) is 3.09. The molecule has 182 valence electrons. The minimum absolute atomic E-state index is 0.548. The first kappa shape index (κ1) is 24.9. The van der Waals surface area contributed by atoms with E-state index in [0.717, 1.165) is 41.4 Å². The maximum atomic E-state index is 2.80. The number of allylic oxidation sites excluding steroid dienone is 2. The third-order valence-corrected chi connectivity index (χ3v) is 11.6. The molecule has 0 aromatic carbocycles. The van der Waals surface area contributed by atoms with Crippen LogP contribution < -0.4 is 0 Å². The van der Waals surface area contributed by atoms with Crippen LogP contribution in [0.25, 0.3) is 0 Å². The summed E-state index contributed by atoms with van der Waals surface area (Å²) in [5.74, 6) is 6.79. The van der Waals surface area contributed by atoms with E-state index in [4.69, 9.17) is 0 Å². The summed E-state index contributed by atoms with van der Waals surface area (Å²) in [6.45, 7) is 12.9. The van der Waals surface area contributed by atoms with Crippen LogP contribution >= 0.6 is 0 Å². The van der Waals surface area contributed by atoms with Crippen LogP contribution in [0.2, 0.25) is 6.32 Å². The Bertz CT molecular complexity index is 649. The van der Waals surface area contributed by atoms with Gasteiger partial charge in [0, 0.05) is 0 Å². The quantitative estimate of drug-likeness (QED) is 0.192. The van der Waals surface area contributed by atoms with Gasteiger partial charge in [-0.1, -0.05) is 91.1 Å². The molecule has 4 rings (SSSR count). The average molecular weight is 439 g/mol. The lowest BCUT2D eigenvalue weighted by molar-refractivity contribution is -0.0529. The highest BCUT2D eigenvalue weighted by Crippen LogP contribution is 2.67. The standard InChI is InChI=1S/C31H55B/c1-22(2)9-8-10-23(3)27-14-15-28-26-13-12-25-21-24(11-6-7-20-32)16-18-30(25,4)29(26)17-19-31(27,28)5/h12,22-24,26-29H,6-11,13-21,32H2,1-5H3/t23-,24+,26+,27-,28+,29+,30+,31-/m1/s1. The highest BCUT2D eigenvalue weighted by atomic mass is 14.6. The van der Waals surface area contributed by atoms with Crippen molar-refractivity contribution in [2.45, 2.75) is 131 Å². The lowest BCUT2D eigenvalue weighted by atomic mass is 9.46. The molecule has 3 fully saturated rings. The number of fused-ring (bicyclic) bond motifs is 5. The van der Waals surface area contributed by atoms with E-state index in [1.807, 2.05) is 5.57 Å². The van der Waals surface area contributed by atoms with Crippen molar-refractivity contribution in [3.63, 3.8) is 0 Å². The monoisotopic (exact) mass is 438 g/mol. The molecule has 4 aliphatic carbocycles. The van der Waals surface area contributed by atoms with Gasteiger partial charge in [0.15, 0.2) is 0 Å². The lowest BCUT2D eigenvalue weighted by Crippen LogP contribution is -2.50. The largest absolute Gasteiger partial charge is 0.101 e. The Hall–Kier alpha value is -0.195. The maximum Gasteiger partial charge on any atom is 0.101 e. The van der Waals surface area contributed by atoms with Gasteiger partial charge in [0.25, 0.3) is 0 Å². The smallest absolute Gasteiger partial charge is 0.0845 e. The van der Waals surface area contributed by atoms with Crippen molar-refractivity contribution in [2.24, 2.45) is 52.3 Å². The minimum atomic E-state index is 0.548. The fourth-order valence-electron chi connectivity index (χ4n) is 9.69. The molecule has 32 heavy (non-hydrogen) atoms. The molecule has 4 aliphatic rings. The number of rotatable bonds is 9. The van der Waals surface area contributed by atoms with Gasteiger partial charge in [0.05, 0.1) is 0 Å². The van der Waals surface area contributed by atoms with E-state index in [1.165, 1.54) is 96.2 Å². The van der Waals surface area contributed by atoms with Crippen molar-refractivity contribution in [1.82, 2.24) is 0 Å². The molecule has 0 heterocycles. The van der Waals surface area contributed by atoms with E-state index < -0.39 is 0 Å². The second-order valence-corrected chi connectivity index (χ2v) is 13.9. The zero-order valence-corrected chi connectivity index (χ0v) is 22.7. The number of hydrogen-bond donors (Lipinski definition) is 0. The predicted molar refractivity (Wildman–Crippen MR) is 144 cm³/mol. The van der Waals surface area contributed by atoms with Gasteiger partial charge in [-0.2, -0.15) is 0 Å². The molecular weight excluding hydrogens is 383 g/mol. The van der Waals surface area contributed by atoms with Crippen molar-refractivity contribution in [2.75, 3.05) is 0 Å². The van der Waals surface area contributed by atoms with Gasteiger partial charge < -0.3 is 0 Å². The summed E-state index contributed by atoms with van der Waals surface area (Å²) < 4.78 is 0. The first-order valence-corrected chi connectivity index (χ1v) is 15.0. The molecule has 0 radical (unpaired) electrons. The second kappa shape index (κ2) is 10.2. The molecule has 0 aromatic rings. The molecule has 0 bridgehead atoms. The zero-order valence-electron chi connectivity index (χ0n) is 22.7. The van der Waals surface area contributed by atoms with Crippen LogP contribution in [0.4, 0.5) is 0 Å². The van der Waals surface area contributed by atoms with Gasteiger partial charge in [-0.05, 0) is 104 Å². The molecule has 0 aliphatic heterocycles. The Labute approximate surface area is 202 Å². The molecule has 8 atom stereocenters. The Morgan fingerprint density at radius 1 is 0.938 bits per heavy atom. The molecule has 0 amide bonds. The zero-order chi connectivity index (χ0) is 22.9. The molecule has 0 nitrogen and oxygen atoms in total. The first-order valence-electron chi connectivity index (χ1n) is 15.0. The van der Waals surface area contributed by atoms with Crippen LogP contribution in [-0.2, 0) is 0 Å². The molecule has 0 spiro atoms. The van der Waals surface area contributed by atoms with Crippen molar-refractivity contribution >= 4 is 7.85 Å². The average Bonchev–Trinajstić information content (AvgIpc) is 3.11. The van der Waals surface area contributed by atoms with Crippen LogP contribution in [0.1, 0.15) is 125 Å². The van der Waals surface area contributed by atoms with Crippen LogP contribution in [-0.4, -0.2) is 7.85 Å². The van der Waals surface area contributed by atoms with E-state index in [0.29, 0.717) is 10.8 Å². The minimum Gasteiger partial charge on any atom is -0.0845 e. The fourth-order valence-corrected chi connectivity index (χ4v) is 9.69. The molecule has 1 heteroatoms. The predicted octanol–water partition coefficient (Wildman–Crippen LogP) is 8.87. The normalized spacial score (nSPS) is 42.2. The molecule has 0 aromatic heterocycles. The van der Waals surface area contributed by atoms with E-state index in [1.54, 1.807) is 0 Å². The summed E-state index contributed by atoms with van der Waals surface area (Å²) >= 11 is 0. The highest BCUT2D eigenvalue weighted by molar-refractivity contribution is 6.08. The third kappa shape index (κ3) is 4.67. The van der Waals surface area contributed by atoms with Crippen LogP contribution in [0.3, 0.4) is 0 Å². The highest BCUT2D eigenvalue weighted by Gasteiger charge is 2.59. The maximum absolute atomic E-state index is 2.80. The van der Waals surface area contributed by atoms with Crippen molar-refractivity contribution in [1.29, 1.82) is 0 Å². The SMILES string of the molecule is BCCCC[C@H]1CC[C@@]2(C)C(=CC[C@H]3[C@@H]4CC[C@H]([C@H](C)CCCC(C)C)[C@@]4(C)CC[C@@H]32)C1. The summed E-state index contributed by atoms with van der Waals surface area (Å²) in [4.78, 5) is 0. The second-order valence-electron chi connectivity index (χ2n) is 13.9. The van der Waals surface area contributed by atoms with Crippen LogP contribution in [0.15, 0.2) is 11.6 Å². The Morgan fingerprint density at radius 2 is 1.75 bits per heavy atom. The van der Waals surface area contributed by atoms with Gasteiger partial charge in [-0.3, -0.25) is 0 Å². The summed E-state index contributed by atoms with van der Waals surface area (Å²) in [6, 6.07) is 0. The molecular formula is C31H55B.